The van der Waals surface area contributed by atoms with Crippen molar-refractivity contribution in [1.82, 2.24) is 29.5 Å². The van der Waals surface area contributed by atoms with Crippen LogP contribution in [0, 0.1) is 13.8 Å². The molecule has 3 aromatic rings. The number of hydrogen-bond donors (Lipinski definition) is 1. The van der Waals surface area contributed by atoms with Gasteiger partial charge in [0, 0.05) is 23.7 Å². The van der Waals surface area contributed by atoms with Gasteiger partial charge in [-0.2, -0.15) is 9.67 Å². The fourth-order valence-corrected chi connectivity index (χ4v) is 2.95. The van der Waals surface area contributed by atoms with Crippen molar-refractivity contribution in [3.8, 4) is 5.82 Å². The van der Waals surface area contributed by atoms with Gasteiger partial charge in [-0.3, -0.25) is 4.40 Å². The first-order valence-electron chi connectivity index (χ1n) is 6.95. The number of aromatic nitrogens is 5. The molecule has 0 radical (unpaired) electrons. The molecule has 1 N–H and O–H groups in total. The van der Waals surface area contributed by atoms with Gasteiger partial charge in [0.25, 0.3) is 0 Å². The third kappa shape index (κ3) is 2.71. The van der Waals surface area contributed by atoms with Gasteiger partial charge in [-0.25, -0.2) is 4.98 Å². The van der Waals surface area contributed by atoms with E-state index in [0.29, 0.717) is 0 Å². The first-order valence-corrected chi connectivity index (χ1v) is 7.83. The quantitative estimate of drug-likeness (QED) is 0.807. The third-order valence-corrected chi connectivity index (χ3v) is 3.96. The lowest BCUT2D eigenvalue weighted by Crippen LogP contribution is -2.35. The van der Waals surface area contributed by atoms with Crippen LogP contribution < -0.4 is 5.32 Å². The minimum absolute atomic E-state index is 0.0464. The highest BCUT2D eigenvalue weighted by atomic mass is 32.1. The predicted octanol–water partition coefficient (Wildman–Crippen LogP) is 2.48. The second-order valence-corrected chi connectivity index (χ2v) is 7.03. The Labute approximate surface area is 127 Å². The largest absolute Gasteiger partial charge is 0.306 e. The molecular formula is C14H20N6S. The van der Waals surface area contributed by atoms with Crippen molar-refractivity contribution in [3.05, 3.63) is 28.9 Å². The molecule has 0 spiro atoms. The smallest absolute Gasteiger partial charge is 0.196 e. The van der Waals surface area contributed by atoms with Crippen LogP contribution in [0.1, 0.15) is 38.1 Å². The number of thiazole rings is 1. The molecule has 0 saturated carbocycles. The minimum atomic E-state index is 0.0464. The highest BCUT2D eigenvalue weighted by molar-refractivity contribution is 7.15. The number of imidazole rings is 1. The topological polar surface area (TPSA) is 60.0 Å². The second kappa shape index (κ2) is 4.92. The van der Waals surface area contributed by atoms with Gasteiger partial charge < -0.3 is 5.32 Å². The van der Waals surface area contributed by atoms with E-state index < -0.39 is 0 Å². The maximum Gasteiger partial charge on any atom is 0.196 e. The van der Waals surface area contributed by atoms with Gasteiger partial charge in [0.05, 0.1) is 5.69 Å². The molecule has 3 heterocycles. The van der Waals surface area contributed by atoms with Crippen LogP contribution in [0.5, 0.6) is 0 Å². The first kappa shape index (κ1) is 14.2. The average molecular weight is 304 g/mol. The molecule has 0 fully saturated rings. The summed E-state index contributed by atoms with van der Waals surface area (Å²) in [6.07, 6.45) is 2.05. The fourth-order valence-electron chi connectivity index (χ4n) is 2.23. The van der Waals surface area contributed by atoms with E-state index in [4.69, 9.17) is 4.98 Å². The predicted molar refractivity (Wildman–Crippen MR) is 84.1 cm³/mol. The van der Waals surface area contributed by atoms with E-state index in [-0.39, 0.29) is 5.54 Å². The fraction of sp³-hybridized carbons (Fsp3) is 0.500. The van der Waals surface area contributed by atoms with E-state index in [9.17, 15) is 0 Å². The highest BCUT2D eigenvalue weighted by Crippen LogP contribution is 2.21. The standard InChI is InChI=1S/C14H20N6S/c1-9-16-10(2)20(18-9)12-11(8-15-14(3,4)5)19-6-7-21-13(19)17-12/h6-7,15H,8H2,1-5H3. The van der Waals surface area contributed by atoms with E-state index in [0.717, 1.165) is 34.7 Å². The number of fused-ring (bicyclic) bond motifs is 1. The van der Waals surface area contributed by atoms with Crippen molar-refractivity contribution in [2.24, 2.45) is 0 Å². The average Bonchev–Trinajstić information content (AvgIpc) is 2.99. The van der Waals surface area contributed by atoms with Crippen molar-refractivity contribution < 1.29 is 0 Å². The van der Waals surface area contributed by atoms with Crippen molar-refractivity contribution in [2.75, 3.05) is 0 Å². The van der Waals surface area contributed by atoms with Crippen LogP contribution in [0.25, 0.3) is 10.8 Å². The summed E-state index contributed by atoms with van der Waals surface area (Å²) in [5, 5.41) is 10.0. The molecule has 0 amide bonds. The summed E-state index contributed by atoms with van der Waals surface area (Å²) in [5.74, 6) is 2.48. The Morgan fingerprint density at radius 2 is 2.00 bits per heavy atom. The summed E-state index contributed by atoms with van der Waals surface area (Å²) in [4.78, 5) is 10.1. The maximum absolute atomic E-state index is 4.72. The summed E-state index contributed by atoms with van der Waals surface area (Å²) in [7, 11) is 0. The zero-order valence-electron chi connectivity index (χ0n) is 13.0. The van der Waals surface area contributed by atoms with Crippen molar-refractivity contribution in [3.63, 3.8) is 0 Å². The van der Waals surface area contributed by atoms with Crippen LogP contribution in [0.15, 0.2) is 11.6 Å². The van der Waals surface area contributed by atoms with E-state index in [2.05, 4.69) is 46.8 Å². The molecule has 0 atom stereocenters. The van der Waals surface area contributed by atoms with Gasteiger partial charge in [0.15, 0.2) is 10.8 Å². The van der Waals surface area contributed by atoms with Crippen molar-refractivity contribution in [1.29, 1.82) is 0 Å². The lowest BCUT2D eigenvalue weighted by atomic mass is 10.1. The Kier molecular flexibility index (Phi) is 3.33. The number of hydrogen-bond acceptors (Lipinski definition) is 5. The van der Waals surface area contributed by atoms with E-state index in [1.54, 1.807) is 11.3 Å². The SMILES string of the molecule is Cc1nc(C)n(-c2nc3sccn3c2CNC(C)(C)C)n1. The Morgan fingerprint density at radius 3 is 2.62 bits per heavy atom. The molecule has 0 aliphatic carbocycles. The molecule has 0 unspecified atom stereocenters. The third-order valence-electron chi connectivity index (χ3n) is 3.20. The normalized spacial score (nSPS) is 12.4. The molecule has 0 saturated heterocycles. The molecular weight excluding hydrogens is 284 g/mol. The lowest BCUT2D eigenvalue weighted by molar-refractivity contribution is 0.420. The van der Waals surface area contributed by atoms with E-state index in [1.165, 1.54) is 0 Å². The number of aryl methyl sites for hydroxylation is 2. The number of nitrogens with one attached hydrogen (secondary N) is 1. The van der Waals surface area contributed by atoms with Crippen molar-refractivity contribution >= 4 is 16.3 Å². The van der Waals surface area contributed by atoms with E-state index >= 15 is 0 Å². The van der Waals surface area contributed by atoms with Crippen LogP contribution in [0.3, 0.4) is 0 Å². The van der Waals surface area contributed by atoms with Gasteiger partial charge in [-0.1, -0.05) is 0 Å². The molecule has 7 heteroatoms. The lowest BCUT2D eigenvalue weighted by Gasteiger charge is -2.20. The summed E-state index contributed by atoms with van der Waals surface area (Å²) >= 11 is 1.63. The highest BCUT2D eigenvalue weighted by Gasteiger charge is 2.19. The van der Waals surface area contributed by atoms with Crippen LogP contribution >= 0.6 is 11.3 Å². The second-order valence-electron chi connectivity index (χ2n) is 6.16. The maximum atomic E-state index is 4.72. The Bertz CT molecular complexity index is 773. The zero-order valence-corrected chi connectivity index (χ0v) is 13.8. The summed E-state index contributed by atoms with van der Waals surface area (Å²) in [6, 6.07) is 0. The van der Waals surface area contributed by atoms with Gasteiger partial charge in [0.2, 0.25) is 0 Å². The summed E-state index contributed by atoms with van der Waals surface area (Å²) in [5.41, 5.74) is 1.15. The van der Waals surface area contributed by atoms with E-state index in [1.807, 2.05) is 23.9 Å². The number of nitrogens with zero attached hydrogens (tertiary/aromatic N) is 5. The first-order chi connectivity index (χ1) is 9.85. The molecule has 3 rings (SSSR count). The summed E-state index contributed by atoms with van der Waals surface area (Å²) < 4.78 is 3.95. The molecule has 0 bridgehead atoms. The molecule has 21 heavy (non-hydrogen) atoms. The molecule has 0 aromatic carbocycles. The zero-order chi connectivity index (χ0) is 15.2. The van der Waals surface area contributed by atoms with Gasteiger partial charge >= 0.3 is 0 Å². The van der Waals surface area contributed by atoms with Gasteiger partial charge in [-0.15, -0.1) is 16.4 Å². The molecule has 3 aromatic heterocycles. The molecule has 0 aliphatic heterocycles. The monoisotopic (exact) mass is 304 g/mol. The van der Waals surface area contributed by atoms with Crippen LogP contribution in [-0.4, -0.2) is 29.7 Å². The Hall–Kier alpha value is -1.73. The van der Waals surface area contributed by atoms with Gasteiger partial charge in [-0.05, 0) is 34.6 Å². The summed E-state index contributed by atoms with van der Waals surface area (Å²) in [6.45, 7) is 11.1. The number of rotatable bonds is 3. The molecule has 6 nitrogen and oxygen atoms in total. The van der Waals surface area contributed by atoms with Gasteiger partial charge in [0.1, 0.15) is 11.6 Å². The minimum Gasteiger partial charge on any atom is -0.306 e. The Morgan fingerprint density at radius 1 is 1.24 bits per heavy atom. The molecule has 0 aliphatic rings. The van der Waals surface area contributed by atoms with Crippen LogP contribution in [0.2, 0.25) is 0 Å². The van der Waals surface area contributed by atoms with Crippen LogP contribution in [0.4, 0.5) is 0 Å². The Balaban J connectivity index is 2.09. The van der Waals surface area contributed by atoms with Crippen molar-refractivity contribution in [2.45, 2.75) is 46.7 Å². The molecule has 112 valence electrons. The van der Waals surface area contributed by atoms with Crippen LogP contribution in [-0.2, 0) is 6.54 Å².